The van der Waals surface area contributed by atoms with E-state index in [0.29, 0.717) is 12.6 Å². The lowest BCUT2D eigenvalue weighted by molar-refractivity contribution is 0.161. The molecule has 1 atom stereocenters. The molecule has 0 bridgehead atoms. The zero-order valence-corrected chi connectivity index (χ0v) is 8.59. The third-order valence-corrected chi connectivity index (χ3v) is 2.06. The second-order valence-corrected chi connectivity index (χ2v) is 3.25. The summed E-state index contributed by atoms with van der Waals surface area (Å²) >= 11 is 0. The van der Waals surface area contributed by atoms with E-state index in [2.05, 4.69) is 12.0 Å². The average molecular weight is 186 g/mol. The average Bonchev–Trinajstić information content (AvgIpc) is 2.16. The molecule has 78 valence electrons. The van der Waals surface area contributed by atoms with E-state index in [9.17, 15) is 0 Å². The fraction of sp³-hybridized carbons (Fsp3) is 0.800. The van der Waals surface area contributed by atoms with Crippen LogP contribution in [0.2, 0.25) is 0 Å². The van der Waals surface area contributed by atoms with Crippen LogP contribution in [-0.2, 0) is 4.74 Å². The van der Waals surface area contributed by atoms with Crippen LogP contribution in [0.3, 0.4) is 0 Å². The van der Waals surface area contributed by atoms with E-state index in [1.807, 2.05) is 6.08 Å². The smallest absolute Gasteiger partial charge is 0.0629 e. The monoisotopic (exact) mass is 186 g/mol. The van der Waals surface area contributed by atoms with Crippen molar-refractivity contribution in [1.29, 1.82) is 0 Å². The van der Waals surface area contributed by atoms with Crippen molar-refractivity contribution in [3.8, 4) is 0 Å². The zero-order chi connectivity index (χ0) is 9.94. The normalized spacial score (nSPS) is 12.8. The highest BCUT2D eigenvalue weighted by Gasteiger charge is 2.04. The Labute approximate surface area is 81.3 Å². The minimum absolute atomic E-state index is 0.300. The quantitative estimate of drug-likeness (QED) is 0.249. The van der Waals surface area contributed by atoms with E-state index in [1.54, 1.807) is 7.11 Å². The zero-order valence-electron chi connectivity index (χ0n) is 8.59. The molecule has 3 heteroatoms. The van der Waals surface area contributed by atoms with E-state index in [0.717, 1.165) is 12.8 Å². The van der Waals surface area contributed by atoms with Crippen LogP contribution < -0.4 is 11.3 Å². The molecule has 0 aliphatic heterocycles. The van der Waals surface area contributed by atoms with Crippen molar-refractivity contribution >= 4 is 0 Å². The van der Waals surface area contributed by atoms with Gasteiger partial charge in [0.05, 0.1) is 6.61 Å². The van der Waals surface area contributed by atoms with Crippen LogP contribution in [0.1, 0.15) is 32.1 Å². The summed E-state index contributed by atoms with van der Waals surface area (Å²) in [6.07, 6.45) is 7.84. The summed E-state index contributed by atoms with van der Waals surface area (Å²) in [6, 6.07) is 0.300. The van der Waals surface area contributed by atoms with Crippen LogP contribution in [0, 0.1) is 0 Å². The maximum absolute atomic E-state index is 5.35. The first-order chi connectivity index (χ1) is 6.35. The molecule has 0 spiro atoms. The molecule has 3 nitrogen and oxygen atoms in total. The van der Waals surface area contributed by atoms with Crippen LogP contribution in [0.5, 0.6) is 0 Å². The summed E-state index contributed by atoms with van der Waals surface area (Å²) in [5.74, 6) is 5.35. The maximum Gasteiger partial charge on any atom is 0.0629 e. The highest BCUT2D eigenvalue weighted by Crippen LogP contribution is 2.05. The summed E-state index contributed by atoms with van der Waals surface area (Å²) in [6.45, 7) is 4.38. The van der Waals surface area contributed by atoms with Gasteiger partial charge in [0.25, 0.3) is 0 Å². The number of allylic oxidation sites excluding steroid dienone is 1. The first kappa shape index (κ1) is 12.6. The fourth-order valence-corrected chi connectivity index (χ4v) is 1.27. The van der Waals surface area contributed by atoms with E-state index in [4.69, 9.17) is 10.6 Å². The van der Waals surface area contributed by atoms with Crippen molar-refractivity contribution in [2.75, 3.05) is 13.7 Å². The predicted octanol–water partition coefficient (Wildman–Crippen LogP) is 1.60. The number of methoxy groups -OCH3 is 1. The van der Waals surface area contributed by atoms with Crippen molar-refractivity contribution in [3.63, 3.8) is 0 Å². The van der Waals surface area contributed by atoms with Gasteiger partial charge in [-0.2, -0.15) is 0 Å². The van der Waals surface area contributed by atoms with Crippen LogP contribution in [0.4, 0.5) is 0 Å². The molecule has 0 aromatic carbocycles. The maximum atomic E-state index is 5.35. The molecule has 0 rings (SSSR count). The van der Waals surface area contributed by atoms with Crippen LogP contribution in [0.15, 0.2) is 12.7 Å². The molecule has 0 fully saturated rings. The van der Waals surface area contributed by atoms with Gasteiger partial charge in [-0.15, -0.1) is 6.58 Å². The van der Waals surface area contributed by atoms with Gasteiger partial charge in [-0.05, 0) is 19.3 Å². The molecular weight excluding hydrogens is 164 g/mol. The molecule has 0 aliphatic rings. The summed E-state index contributed by atoms with van der Waals surface area (Å²) in [5, 5.41) is 0. The van der Waals surface area contributed by atoms with E-state index in [-0.39, 0.29) is 0 Å². The lowest BCUT2D eigenvalue weighted by atomic mass is 10.1. The van der Waals surface area contributed by atoms with Crippen LogP contribution >= 0.6 is 0 Å². The minimum atomic E-state index is 0.300. The minimum Gasteiger partial charge on any atom is -0.383 e. The molecule has 0 saturated carbocycles. The SMILES string of the molecule is C=CCCCCCC(COC)NN. The lowest BCUT2D eigenvalue weighted by Crippen LogP contribution is -2.38. The van der Waals surface area contributed by atoms with Crippen molar-refractivity contribution < 1.29 is 4.74 Å². The first-order valence-corrected chi connectivity index (χ1v) is 4.91. The van der Waals surface area contributed by atoms with E-state index < -0.39 is 0 Å². The molecule has 0 radical (unpaired) electrons. The van der Waals surface area contributed by atoms with E-state index >= 15 is 0 Å². The number of nitrogens with one attached hydrogen (secondary N) is 1. The van der Waals surface area contributed by atoms with Crippen molar-refractivity contribution in [3.05, 3.63) is 12.7 Å². The molecule has 1 unspecified atom stereocenters. The number of hydrazine groups is 1. The number of unbranched alkanes of at least 4 members (excludes halogenated alkanes) is 3. The van der Waals surface area contributed by atoms with Gasteiger partial charge in [0.1, 0.15) is 0 Å². The standard InChI is InChI=1S/C10H22N2O/c1-3-4-5-6-7-8-10(12-11)9-13-2/h3,10,12H,1,4-9,11H2,2H3. The number of rotatable bonds is 9. The Morgan fingerprint density at radius 2 is 2.23 bits per heavy atom. The molecule has 0 aliphatic carbocycles. The second kappa shape index (κ2) is 9.71. The van der Waals surface area contributed by atoms with Gasteiger partial charge in [-0.3, -0.25) is 11.3 Å². The van der Waals surface area contributed by atoms with Gasteiger partial charge in [-0.25, -0.2) is 0 Å². The highest BCUT2D eigenvalue weighted by atomic mass is 16.5. The fourth-order valence-electron chi connectivity index (χ4n) is 1.27. The Morgan fingerprint density at radius 3 is 2.77 bits per heavy atom. The summed E-state index contributed by atoms with van der Waals surface area (Å²) in [4.78, 5) is 0. The van der Waals surface area contributed by atoms with Gasteiger partial charge < -0.3 is 4.74 Å². The molecule has 0 amide bonds. The van der Waals surface area contributed by atoms with Crippen LogP contribution in [0.25, 0.3) is 0 Å². The molecule has 13 heavy (non-hydrogen) atoms. The van der Waals surface area contributed by atoms with Gasteiger partial charge in [-0.1, -0.05) is 18.9 Å². The summed E-state index contributed by atoms with van der Waals surface area (Å²) in [7, 11) is 1.70. The molecule has 0 aromatic rings. The Morgan fingerprint density at radius 1 is 1.46 bits per heavy atom. The topological polar surface area (TPSA) is 47.3 Å². The van der Waals surface area contributed by atoms with Crippen LogP contribution in [-0.4, -0.2) is 19.8 Å². The summed E-state index contributed by atoms with van der Waals surface area (Å²) in [5.41, 5.74) is 2.75. The van der Waals surface area contributed by atoms with Crippen molar-refractivity contribution in [2.24, 2.45) is 5.84 Å². The van der Waals surface area contributed by atoms with E-state index in [1.165, 1.54) is 19.3 Å². The Bertz CT molecular complexity index is 117. The third-order valence-electron chi connectivity index (χ3n) is 2.06. The largest absolute Gasteiger partial charge is 0.383 e. The van der Waals surface area contributed by atoms with Crippen molar-refractivity contribution in [2.45, 2.75) is 38.1 Å². The lowest BCUT2D eigenvalue weighted by Gasteiger charge is -2.13. The van der Waals surface area contributed by atoms with Gasteiger partial charge in [0, 0.05) is 13.2 Å². The van der Waals surface area contributed by atoms with Gasteiger partial charge in [0.15, 0.2) is 0 Å². The molecule has 0 saturated heterocycles. The Hall–Kier alpha value is -0.380. The molecule has 3 N–H and O–H groups in total. The molecule has 0 aromatic heterocycles. The highest BCUT2D eigenvalue weighted by molar-refractivity contribution is 4.67. The number of nitrogens with two attached hydrogens (primary N) is 1. The Kier molecular flexibility index (Phi) is 9.42. The van der Waals surface area contributed by atoms with Gasteiger partial charge >= 0.3 is 0 Å². The number of hydrogen-bond donors (Lipinski definition) is 2. The Balaban J connectivity index is 3.22. The third kappa shape index (κ3) is 7.96. The molecular formula is C10H22N2O. The van der Waals surface area contributed by atoms with Gasteiger partial charge in [0.2, 0.25) is 0 Å². The first-order valence-electron chi connectivity index (χ1n) is 4.91. The number of ether oxygens (including phenoxy) is 1. The van der Waals surface area contributed by atoms with Crippen molar-refractivity contribution in [1.82, 2.24) is 5.43 Å². The second-order valence-electron chi connectivity index (χ2n) is 3.25. The predicted molar refractivity (Wildman–Crippen MR) is 56.3 cm³/mol. The summed E-state index contributed by atoms with van der Waals surface area (Å²) < 4.78 is 5.01. The number of hydrogen-bond acceptors (Lipinski definition) is 3. The molecule has 0 heterocycles.